The van der Waals surface area contributed by atoms with Gasteiger partial charge in [0.1, 0.15) is 0 Å². The van der Waals surface area contributed by atoms with Crippen molar-refractivity contribution in [3.05, 3.63) is 0 Å². The first-order chi connectivity index (χ1) is 5.99. The second-order valence-electron chi connectivity index (χ2n) is 4.70. The van der Waals surface area contributed by atoms with E-state index in [4.69, 9.17) is 5.73 Å². The predicted octanol–water partition coefficient (Wildman–Crippen LogP) is 1.85. The first kappa shape index (κ1) is 12.9. The second kappa shape index (κ2) is 6.39. The van der Waals surface area contributed by atoms with E-state index in [2.05, 4.69) is 39.9 Å². The van der Waals surface area contributed by atoms with Crippen LogP contribution in [0.2, 0.25) is 0 Å². The van der Waals surface area contributed by atoms with Crippen LogP contribution in [-0.2, 0) is 0 Å². The average molecular weight is 186 g/mol. The molecule has 0 fully saturated rings. The molecular formula is C11H26N2. The predicted molar refractivity (Wildman–Crippen MR) is 59.7 cm³/mol. The van der Waals surface area contributed by atoms with Gasteiger partial charge in [-0.25, -0.2) is 0 Å². The number of rotatable bonds is 6. The SMILES string of the molecule is CC(CN)NCC(C(C)C)C(C)C. The van der Waals surface area contributed by atoms with Crippen molar-refractivity contribution >= 4 is 0 Å². The highest BCUT2D eigenvalue weighted by Crippen LogP contribution is 2.19. The zero-order valence-electron chi connectivity index (χ0n) is 9.80. The molecule has 3 N–H and O–H groups in total. The van der Waals surface area contributed by atoms with Crippen LogP contribution in [0.15, 0.2) is 0 Å². The molecule has 80 valence electrons. The summed E-state index contributed by atoms with van der Waals surface area (Å²) in [7, 11) is 0. The van der Waals surface area contributed by atoms with Gasteiger partial charge in [-0.05, 0) is 31.2 Å². The Kier molecular flexibility index (Phi) is 6.35. The van der Waals surface area contributed by atoms with Crippen LogP contribution in [0, 0.1) is 17.8 Å². The summed E-state index contributed by atoms with van der Waals surface area (Å²) in [4.78, 5) is 0. The highest BCUT2D eigenvalue weighted by Gasteiger charge is 2.17. The molecule has 2 nitrogen and oxygen atoms in total. The van der Waals surface area contributed by atoms with E-state index in [-0.39, 0.29) is 0 Å². The first-order valence-electron chi connectivity index (χ1n) is 5.42. The fourth-order valence-corrected chi connectivity index (χ4v) is 1.66. The van der Waals surface area contributed by atoms with Crippen LogP contribution in [0.25, 0.3) is 0 Å². The normalized spacial score (nSPS) is 14.5. The number of nitrogens with two attached hydrogens (primary N) is 1. The molecule has 0 saturated heterocycles. The Morgan fingerprint density at radius 1 is 1.00 bits per heavy atom. The molecule has 1 atom stereocenters. The van der Waals surface area contributed by atoms with Gasteiger partial charge < -0.3 is 11.1 Å². The molecule has 0 rings (SSSR count). The van der Waals surface area contributed by atoms with Gasteiger partial charge in [-0.15, -0.1) is 0 Å². The molecule has 0 aromatic carbocycles. The van der Waals surface area contributed by atoms with Crippen LogP contribution in [0.4, 0.5) is 0 Å². The first-order valence-corrected chi connectivity index (χ1v) is 5.42. The monoisotopic (exact) mass is 186 g/mol. The number of hydrogen-bond acceptors (Lipinski definition) is 2. The lowest BCUT2D eigenvalue weighted by Crippen LogP contribution is -2.39. The summed E-state index contributed by atoms with van der Waals surface area (Å²) in [6, 6.07) is 0.444. The molecular weight excluding hydrogens is 160 g/mol. The summed E-state index contributed by atoms with van der Waals surface area (Å²) >= 11 is 0. The van der Waals surface area contributed by atoms with Gasteiger partial charge in [-0.3, -0.25) is 0 Å². The third-order valence-electron chi connectivity index (χ3n) is 2.77. The Balaban J connectivity index is 3.83. The lowest BCUT2D eigenvalue weighted by molar-refractivity contribution is 0.268. The van der Waals surface area contributed by atoms with Crippen molar-refractivity contribution in [1.29, 1.82) is 0 Å². The fraction of sp³-hybridized carbons (Fsp3) is 1.00. The van der Waals surface area contributed by atoms with E-state index in [9.17, 15) is 0 Å². The highest BCUT2D eigenvalue weighted by atomic mass is 14.9. The molecule has 0 heterocycles. The summed E-state index contributed by atoms with van der Waals surface area (Å²) in [6.07, 6.45) is 0. The van der Waals surface area contributed by atoms with E-state index in [1.807, 2.05) is 0 Å². The Morgan fingerprint density at radius 3 is 1.77 bits per heavy atom. The van der Waals surface area contributed by atoms with Crippen LogP contribution >= 0.6 is 0 Å². The Hall–Kier alpha value is -0.0800. The smallest absolute Gasteiger partial charge is 0.0162 e. The molecule has 13 heavy (non-hydrogen) atoms. The van der Waals surface area contributed by atoms with Gasteiger partial charge in [0.25, 0.3) is 0 Å². The summed E-state index contributed by atoms with van der Waals surface area (Å²) in [6.45, 7) is 13.1. The molecule has 0 amide bonds. The summed E-state index contributed by atoms with van der Waals surface area (Å²) in [5.41, 5.74) is 5.55. The minimum absolute atomic E-state index is 0.444. The molecule has 0 aromatic heterocycles. The number of nitrogens with one attached hydrogen (secondary N) is 1. The van der Waals surface area contributed by atoms with Crippen molar-refractivity contribution in [2.24, 2.45) is 23.5 Å². The van der Waals surface area contributed by atoms with Crippen LogP contribution in [-0.4, -0.2) is 19.1 Å². The Bertz CT molecular complexity index is 113. The van der Waals surface area contributed by atoms with Gasteiger partial charge in [0.15, 0.2) is 0 Å². The van der Waals surface area contributed by atoms with E-state index in [0.29, 0.717) is 6.04 Å². The van der Waals surface area contributed by atoms with Gasteiger partial charge in [0.05, 0.1) is 0 Å². The maximum atomic E-state index is 5.55. The van der Waals surface area contributed by atoms with Gasteiger partial charge in [0, 0.05) is 12.6 Å². The van der Waals surface area contributed by atoms with Crippen molar-refractivity contribution in [2.45, 2.75) is 40.7 Å². The van der Waals surface area contributed by atoms with Gasteiger partial charge in [0.2, 0.25) is 0 Å². The van der Waals surface area contributed by atoms with E-state index in [0.717, 1.165) is 30.8 Å². The van der Waals surface area contributed by atoms with Crippen molar-refractivity contribution in [1.82, 2.24) is 5.32 Å². The van der Waals surface area contributed by atoms with E-state index in [1.165, 1.54) is 0 Å². The lowest BCUT2D eigenvalue weighted by Gasteiger charge is -2.26. The molecule has 0 aliphatic carbocycles. The summed E-state index contributed by atoms with van der Waals surface area (Å²) in [5, 5.41) is 3.47. The summed E-state index contributed by atoms with van der Waals surface area (Å²) in [5.74, 6) is 2.25. The van der Waals surface area contributed by atoms with Gasteiger partial charge >= 0.3 is 0 Å². The Labute approximate surface area is 83.3 Å². The van der Waals surface area contributed by atoms with E-state index in [1.54, 1.807) is 0 Å². The van der Waals surface area contributed by atoms with Crippen LogP contribution < -0.4 is 11.1 Å². The van der Waals surface area contributed by atoms with Crippen LogP contribution in [0.1, 0.15) is 34.6 Å². The summed E-state index contributed by atoms with van der Waals surface area (Å²) < 4.78 is 0. The van der Waals surface area contributed by atoms with Crippen molar-refractivity contribution in [2.75, 3.05) is 13.1 Å². The molecule has 0 spiro atoms. The van der Waals surface area contributed by atoms with Crippen LogP contribution in [0.3, 0.4) is 0 Å². The largest absolute Gasteiger partial charge is 0.329 e. The molecule has 0 aliphatic heterocycles. The quantitative estimate of drug-likeness (QED) is 0.664. The Morgan fingerprint density at radius 2 is 1.46 bits per heavy atom. The molecule has 1 unspecified atom stereocenters. The lowest BCUT2D eigenvalue weighted by atomic mass is 9.85. The van der Waals surface area contributed by atoms with E-state index < -0.39 is 0 Å². The molecule has 2 heteroatoms. The second-order valence-corrected chi connectivity index (χ2v) is 4.70. The van der Waals surface area contributed by atoms with Crippen LogP contribution in [0.5, 0.6) is 0 Å². The molecule has 0 radical (unpaired) electrons. The molecule has 0 bridgehead atoms. The molecule has 0 aliphatic rings. The standard InChI is InChI=1S/C11H26N2/c1-8(2)11(9(3)4)7-13-10(5)6-12/h8-11,13H,6-7,12H2,1-5H3. The van der Waals surface area contributed by atoms with Crippen molar-refractivity contribution < 1.29 is 0 Å². The van der Waals surface area contributed by atoms with Crippen molar-refractivity contribution in [3.8, 4) is 0 Å². The zero-order valence-corrected chi connectivity index (χ0v) is 9.80. The van der Waals surface area contributed by atoms with Gasteiger partial charge in [-0.1, -0.05) is 27.7 Å². The maximum absolute atomic E-state index is 5.55. The minimum atomic E-state index is 0.444. The van der Waals surface area contributed by atoms with E-state index >= 15 is 0 Å². The zero-order chi connectivity index (χ0) is 10.4. The highest BCUT2D eigenvalue weighted by molar-refractivity contribution is 4.71. The number of hydrogen-bond donors (Lipinski definition) is 2. The maximum Gasteiger partial charge on any atom is 0.0162 e. The molecule has 0 aromatic rings. The third-order valence-corrected chi connectivity index (χ3v) is 2.77. The molecule has 0 saturated carbocycles. The minimum Gasteiger partial charge on any atom is -0.329 e. The topological polar surface area (TPSA) is 38.0 Å². The van der Waals surface area contributed by atoms with Gasteiger partial charge in [-0.2, -0.15) is 0 Å². The van der Waals surface area contributed by atoms with Crippen molar-refractivity contribution in [3.63, 3.8) is 0 Å². The fourth-order valence-electron chi connectivity index (χ4n) is 1.66. The third kappa shape index (κ3) is 5.27. The average Bonchev–Trinajstić information content (AvgIpc) is 2.03.